The molecule has 3 aromatic rings. The second-order valence-electron chi connectivity index (χ2n) is 10.9. The van der Waals surface area contributed by atoms with Crippen LogP contribution in [0.5, 0.6) is 0 Å². The van der Waals surface area contributed by atoms with Crippen molar-refractivity contribution in [3.05, 3.63) is 66.5 Å². The molecule has 0 spiro atoms. The van der Waals surface area contributed by atoms with Gasteiger partial charge in [0.05, 0.1) is 16.6 Å². The summed E-state index contributed by atoms with van der Waals surface area (Å²) in [6.45, 7) is 14.6. The summed E-state index contributed by atoms with van der Waals surface area (Å²) in [6.07, 6.45) is 7.09. The number of fused-ring (bicyclic) bond motifs is 1. The molecule has 0 aliphatic carbocycles. The zero-order valence-electron chi connectivity index (χ0n) is 22.3. The lowest BCUT2D eigenvalue weighted by Crippen LogP contribution is -2.37. The molecule has 8 heteroatoms. The van der Waals surface area contributed by atoms with E-state index in [1.54, 1.807) is 24.5 Å². The molecule has 37 heavy (non-hydrogen) atoms. The van der Waals surface area contributed by atoms with E-state index in [4.69, 9.17) is 4.98 Å². The summed E-state index contributed by atoms with van der Waals surface area (Å²) in [5.74, 6) is 0.232. The van der Waals surface area contributed by atoms with Gasteiger partial charge in [-0.05, 0) is 67.5 Å². The van der Waals surface area contributed by atoms with E-state index < -0.39 is 0 Å². The molecular weight excluding hydrogens is 464 g/mol. The topological polar surface area (TPSA) is 92.2 Å². The Morgan fingerprint density at radius 2 is 2.03 bits per heavy atom. The predicted octanol–water partition coefficient (Wildman–Crippen LogP) is 4.95. The number of hydrogen-bond donors (Lipinski definition) is 2. The summed E-state index contributed by atoms with van der Waals surface area (Å²) in [7, 11) is 0. The molecule has 2 amide bonds. The zero-order valence-corrected chi connectivity index (χ0v) is 22.3. The van der Waals surface area contributed by atoms with Gasteiger partial charge in [-0.3, -0.25) is 19.9 Å². The monoisotopic (exact) mass is 502 g/mol. The maximum absolute atomic E-state index is 13.0. The minimum absolute atomic E-state index is 0.0390. The maximum Gasteiger partial charge on any atom is 0.259 e. The molecule has 8 nitrogen and oxygen atoms in total. The van der Waals surface area contributed by atoms with Crippen LogP contribution in [0.2, 0.25) is 0 Å². The number of hydrogen-bond acceptors (Lipinski definition) is 5. The van der Waals surface area contributed by atoms with Crippen LogP contribution in [0.4, 0.5) is 5.95 Å². The molecule has 1 aromatic carbocycles. The smallest absolute Gasteiger partial charge is 0.259 e. The fraction of sp³-hybridized carbons (Fsp3) is 0.448. The molecule has 2 N–H and O–H groups in total. The van der Waals surface area contributed by atoms with Gasteiger partial charge in [-0.1, -0.05) is 33.4 Å². The molecule has 3 heterocycles. The average molecular weight is 503 g/mol. The molecule has 2 atom stereocenters. The SMILES string of the molecule is C=CC(=O)N1CCC[C@@H](n2c(NC(=O)c3cccnc3)nc3cc(CN[C@@H](C)C(C)(C)C)ccc32)CC1. The van der Waals surface area contributed by atoms with Gasteiger partial charge in [0.2, 0.25) is 11.9 Å². The highest BCUT2D eigenvalue weighted by Crippen LogP contribution is 2.32. The van der Waals surface area contributed by atoms with Gasteiger partial charge >= 0.3 is 0 Å². The summed E-state index contributed by atoms with van der Waals surface area (Å²) >= 11 is 0. The number of carbonyl (C=O) groups is 2. The van der Waals surface area contributed by atoms with E-state index >= 15 is 0 Å². The van der Waals surface area contributed by atoms with Crippen LogP contribution in [0.1, 0.15) is 68.9 Å². The summed E-state index contributed by atoms with van der Waals surface area (Å²) in [5.41, 5.74) is 3.60. The third kappa shape index (κ3) is 6.25. The average Bonchev–Trinajstić information content (AvgIpc) is 3.05. The zero-order chi connectivity index (χ0) is 26.6. The standard InChI is InChI=1S/C29H38N6O2/c1-6-26(36)34-15-8-10-23(13-16-34)35-25-12-11-21(18-31-20(2)29(3,4)5)17-24(25)32-28(35)33-27(37)22-9-7-14-30-19-22/h6-7,9,11-12,14,17,19-20,23,31H,1,8,10,13,15-16,18H2,2-5H3,(H,32,33,37)/t20-,23+/m0/s1. The molecule has 0 unspecified atom stereocenters. The third-order valence-electron chi connectivity index (χ3n) is 7.36. The number of benzene rings is 1. The quantitative estimate of drug-likeness (QED) is 0.446. The van der Waals surface area contributed by atoms with Gasteiger partial charge in [0.15, 0.2) is 0 Å². The van der Waals surface area contributed by atoms with Gasteiger partial charge in [0.1, 0.15) is 0 Å². The second-order valence-corrected chi connectivity index (χ2v) is 10.9. The molecule has 1 fully saturated rings. The van der Waals surface area contributed by atoms with Crippen LogP contribution >= 0.6 is 0 Å². The Kier molecular flexibility index (Phi) is 8.07. The van der Waals surface area contributed by atoms with E-state index in [2.05, 4.69) is 72.7 Å². The molecule has 1 aliphatic rings. The Balaban J connectivity index is 1.65. The van der Waals surface area contributed by atoms with Crippen molar-refractivity contribution in [1.82, 2.24) is 24.8 Å². The summed E-state index contributed by atoms with van der Waals surface area (Å²) < 4.78 is 2.14. The largest absolute Gasteiger partial charge is 0.339 e. The predicted molar refractivity (Wildman–Crippen MR) is 147 cm³/mol. The highest BCUT2D eigenvalue weighted by molar-refractivity contribution is 6.04. The van der Waals surface area contributed by atoms with Crippen LogP contribution in [0.15, 0.2) is 55.4 Å². The molecule has 4 rings (SSSR count). The van der Waals surface area contributed by atoms with Gasteiger partial charge in [0, 0.05) is 44.1 Å². The lowest BCUT2D eigenvalue weighted by atomic mass is 9.88. The van der Waals surface area contributed by atoms with Crippen molar-refractivity contribution in [1.29, 1.82) is 0 Å². The van der Waals surface area contributed by atoms with E-state index in [0.717, 1.165) is 42.4 Å². The number of pyridine rings is 1. The minimum Gasteiger partial charge on any atom is -0.339 e. The van der Waals surface area contributed by atoms with E-state index in [1.165, 1.54) is 6.08 Å². The van der Waals surface area contributed by atoms with Crippen LogP contribution in [-0.2, 0) is 11.3 Å². The maximum atomic E-state index is 13.0. The normalized spacial score (nSPS) is 17.3. The van der Waals surface area contributed by atoms with Crippen LogP contribution in [0, 0.1) is 5.41 Å². The first-order valence-electron chi connectivity index (χ1n) is 13.0. The molecule has 1 aliphatic heterocycles. The van der Waals surface area contributed by atoms with E-state index in [0.29, 0.717) is 30.6 Å². The highest BCUT2D eigenvalue weighted by atomic mass is 16.2. The number of nitrogens with one attached hydrogen (secondary N) is 2. The van der Waals surface area contributed by atoms with Crippen molar-refractivity contribution in [3.8, 4) is 0 Å². The number of aromatic nitrogens is 3. The van der Waals surface area contributed by atoms with Crippen molar-refractivity contribution in [2.24, 2.45) is 5.41 Å². The number of amides is 2. The number of nitrogens with zero attached hydrogens (tertiary/aromatic N) is 4. The van der Waals surface area contributed by atoms with Crippen LogP contribution in [-0.4, -0.2) is 50.4 Å². The number of likely N-dealkylation sites (tertiary alicyclic amines) is 1. The van der Waals surface area contributed by atoms with E-state index in [-0.39, 0.29) is 23.3 Å². The van der Waals surface area contributed by atoms with Gasteiger partial charge < -0.3 is 14.8 Å². The summed E-state index contributed by atoms with van der Waals surface area (Å²) in [6, 6.07) is 10.2. The van der Waals surface area contributed by atoms with E-state index in [9.17, 15) is 9.59 Å². The van der Waals surface area contributed by atoms with E-state index in [1.807, 2.05) is 4.90 Å². The number of anilines is 1. The molecule has 0 radical (unpaired) electrons. The van der Waals surface area contributed by atoms with Crippen molar-refractivity contribution in [2.75, 3.05) is 18.4 Å². The molecular formula is C29H38N6O2. The molecule has 196 valence electrons. The van der Waals surface area contributed by atoms with Crippen molar-refractivity contribution in [2.45, 2.75) is 65.6 Å². The van der Waals surface area contributed by atoms with Gasteiger partial charge in [0.25, 0.3) is 5.91 Å². The number of rotatable bonds is 7. The van der Waals surface area contributed by atoms with Crippen molar-refractivity contribution >= 4 is 28.8 Å². The number of carbonyl (C=O) groups excluding carboxylic acids is 2. The van der Waals surface area contributed by atoms with Crippen LogP contribution < -0.4 is 10.6 Å². The third-order valence-corrected chi connectivity index (χ3v) is 7.36. The summed E-state index contributed by atoms with van der Waals surface area (Å²) in [5, 5.41) is 6.64. The fourth-order valence-corrected chi connectivity index (χ4v) is 4.65. The Bertz CT molecular complexity index is 1260. The summed E-state index contributed by atoms with van der Waals surface area (Å²) in [4.78, 5) is 36.1. The molecule has 2 aromatic heterocycles. The first-order chi connectivity index (χ1) is 17.7. The lowest BCUT2D eigenvalue weighted by molar-refractivity contribution is -0.125. The van der Waals surface area contributed by atoms with Crippen molar-refractivity contribution in [3.63, 3.8) is 0 Å². The molecule has 1 saturated heterocycles. The second kappa shape index (κ2) is 11.3. The Labute approximate surface area is 219 Å². The van der Waals surface area contributed by atoms with Crippen LogP contribution in [0.3, 0.4) is 0 Å². The number of imidazole rings is 1. The lowest BCUT2D eigenvalue weighted by Gasteiger charge is -2.28. The Hall–Kier alpha value is -3.52. The molecule has 0 saturated carbocycles. The fourth-order valence-electron chi connectivity index (χ4n) is 4.65. The van der Waals surface area contributed by atoms with Crippen LogP contribution in [0.25, 0.3) is 11.0 Å². The highest BCUT2D eigenvalue weighted by Gasteiger charge is 2.26. The van der Waals surface area contributed by atoms with Gasteiger partial charge in [-0.25, -0.2) is 4.98 Å². The first kappa shape index (κ1) is 26.5. The Morgan fingerprint density at radius 1 is 1.22 bits per heavy atom. The van der Waals surface area contributed by atoms with Gasteiger partial charge in [-0.15, -0.1) is 0 Å². The van der Waals surface area contributed by atoms with Gasteiger partial charge in [-0.2, -0.15) is 0 Å². The molecule has 0 bridgehead atoms. The Morgan fingerprint density at radius 3 is 2.73 bits per heavy atom. The minimum atomic E-state index is -0.248. The first-order valence-corrected chi connectivity index (χ1v) is 13.0. The van der Waals surface area contributed by atoms with Crippen molar-refractivity contribution < 1.29 is 9.59 Å².